The molecular formula is C18H26N2O3. The highest BCUT2D eigenvalue weighted by Gasteiger charge is 2.48. The molecule has 5 heteroatoms. The Hall–Kier alpha value is -1.75. The molecule has 1 amide bonds. The van der Waals surface area contributed by atoms with Crippen molar-refractivity contribution in [3.05, 3.63) is 23.3 Å². The fourth-order valence-corrected chi connectivity index (χ4v) is 4.60. The molecule has 1 saturated heterocycles. The number of amides is 1. The van der Waals surface area contributed by atoms with E-state index in [1.807, 2.05) is 12.1 Å². The van der Waals surface area contributed by atoms with Gasteiger partial charge in [0.15, 0.2) is 11.5 Å². The van der Waals surface area contributed by atoms with Crippen molar-refractivity contribution >= 4 is 5.91 Å². The highest BCUT2D eigenvalue weighted by atomic mass is 16.5. The molecule has 1 aromatic carbocycles. The first-order valence-corrected chi connectivity index (χ1v) is 8.30. The van der Waals surface area contributed by atoms with Gasteiger partial charge in [-0.2, -0.15) is 0 Å². The van der Waals surface area contributed by atoms with E-state index in [2.05, 4.69) is 11.9 Å². The fourth-order valence-electron chi connectivity index (χ4n) is 4.60. The van der Waals surface area contributed by atoms with Crippen LogP contribution in [0.1, 0.15) is 48.0 Å². The molecule has 1 saturated carbocycles. The summed E-state index contributed by atoms with van der Waals surface area (Å²) in [6, 6.07) is 4.50. The topological polar surface area (TPSA) is 64.8 Å². The Kier molecular flexibility index (Phi) is 4.23. The van der Waals surface area contributed by atoms with E-state index in [1.165, 1.54) is 26.4 Å². The lowest BCUT2D eigenvalue weighted by Gasteiger charge is -2.42. The van der Waals surface area contributed by atoms with Crippen molar-refractivity contribution in [2.24, 2.45) is 5.73 Å². The number of likely N-dealkylation sites (N-methyl/N-ethyl adjacent to an activating group) is 1. The molecule has 1 unspecified atom stereocenters. The predicted octanol–water partition coefficient (Wildman–Crippen LogP) is 2.32. The molecule has 0 aromatic heterocycles. The summed E-state index contributed by atoms with van der Waals surface area (Å²) in [5.74, 6) is 0.544. The molecule has 2 atom stereocenters. The highest BCUT2D eigenvalue weighted by Crippen LogP contribution is 2.50. The third-order valence-corrected chi connectivity index (χ3v) is 5.75. The number of fused-ring (bicyclic) bond motifs is 1. The van der Waals surface area contributed by atoms with Gasteiger partial charge in [0.25, 0.3) is 5.91 Å². The molecule has 5 nitrogen and oxygen atoms in total. The zero-order chi connectivity index (χ0) is 16.6. The third-order valence-electron chi connectivity index (χ3n) is 5.75. The van der Waals surface area contributed by atoms with Gasteiger partial charge in [0.1, 0.15) is 0 Å². The summed E-state index contributed by atoms with van der Waals surface area (Å²) < 4.78 is 10.8. The minimum Gasteiger partial charge on any atom is -0.493 e. The molecule has 0 radical (unpaired) electrons. The van der Waals surface area contributed by atoms with E-state index in [0.717, 1.165) is 24.9 Å². The third kappa shape index (κ3) is 2.47. The number of hydrogen-bond donors (Lipinski definition) is 1. The molecule has 1 aromatic rings. The van der Waals surface area contributed by atoms with Crippen LogP contribution in [0.2, 0.25) is 0 Å². The van der Waals surface area contributed by atoms with Gasteiger partial charge in [0, 0.05) is 11.5 Å². The van der Waals surface area contributed by atoms with E-state index in [9.17, 15) is 4.79 Å². The highest BCUT2D eigenvalue weighted by molar-refractivity contribution is 5.97. The number of nitrogens with two attached hydrogens (primary N) is 1. The Morgan fingerprint density at radius 2 is 2.04 bits per heavy atom. The van der Waals surface area contributed by atoms with Crippen molar-refractivity contribution in [2.45, 2.75) is 43.6 Å². The van der Waals surface area contributed by atoms with Crippen LogP contribution in [0.5, 0.6) is 11.5 Å². The smallest absolute Gasteiger partial charge is 0.252 e. The average molecular weight is 318 g/mol. The van der Waals surface area contributed by atoms with E-state index in [-0.39, 0.29) is 5.41 Å². The number of ether oxygens (including phenoxy) is 2. The van der Waals surface area contributed by atoms with Crippen LogP contribution >= 0.6 is 0 Å². The SMILES string of the molecule is COc1cc([C@@]23CCCCC2N(C)CC3)cc(C(N)=O)c1OC. The van der Waals surface area contributed by atoms with Crippen molar-refractivity contribution in [1.29, 1.82) is 0 Å². The zero-order valence-electron chi connectivity index (χ0n) is 14.2. The first kappa shape index (κ1) is 16.1. The molecule has 3 rings (SSSR count). The zero-order valence-corrected chi connectivity index (χ0v) is 14.2. The molecule has 23 heavy (non-hydrogen) atoms. The number of rotatable bonds is 4. The number of methoxy groups -OCH3 is 2. The van der Waals surface area contributed by atoms with Crippen LogP contribution in [0.4, 0.5) is 0 Å². The maximum atomic E-state index is 11.9. The van der Waals surface area contributed by atoms with Crippen molar-refractivity contribution in [1.82, 2.24) is 4.90 Å². The molecule has 0 spiro atoms. The maximum Gasteiger partial charge on any atom is 0.252 e. The lowest BCUT2D eigenvalue weighted by Crippen LogP contribution is -2.43. The summed E-state index contributed by atoms with van der Waals surface area (Å²) in [5, 5.41) is 0. The number of nitrogens with zero attached hydrogens (tertiary/aromatic N) is 1. The van der Waals surface area contributed by atoms with Gasteiger partial charge in [-0.3, -0.25) is 4.79 Å². The second kappa shape index (κ2) is 6.04. The van der Waals surface area contributed by atoms with E-state index >= 15 is 0 Å². The second-order valence-electron chi connectivity index (χ2n) is 6.77. The summed E-state index contributed by atoms with van der Waals surface area (Å²) in [4.78, 5) is 14.4. The molecule has 126 valence electrons. The molecule has 2 aliphatic rings. The van der Waals surface area contributed by atoms with Gasteiger partial charge in [0.2, 0.25) is 0 Å². The van der Waals surface area contributed by atoms with Crippen LogP contribution in [0.25, 0.3) is 0 Å². The Bertz CT molecular complexity index is 613. The van der Waals surface area contributed by atoms with E-state index in [1.54, 1.807) is 7.11 Å². The lowest BCUT2D eigenvalue weighted by molar-refractivity contribution is 0.0996. The molecule has 2 fully saturated rings. The van der Waals surface area contributed by atoms with Crippen molar-refractivity contribution in [2.75, 3.05) is 27.8 Å². The first-order valence-electron chi connectivity index (χ1n) is 8.30. The number of primary amides is 1. The standard InChI is InChI=1S/C18H26N2O3/c1-20-9-8-18(7-5-4-6-15(18)20)12-10-13(17(19)21)16(23-3)14(11-12)22-2/h10-11,15H,4-9H2,1-3H3,(H2,19,21)/t15?,18-/m0/s1. The largest absolute Gasteiger partial charge is 0.493 e. The lowest BCUT2D eigenvalue weighted by atomic mass is 9.66. The van der Waals surface area contributed by atoms with Gasteiger partial charge in [0.05, 0.1) is 19.8 Å². The number of hydrogen-bond acceptors (Lipinski definition) is 4. The molecule has 0 bridgehead atoms. The normalized spacial score (nSPS) is 27.5. The van der Waals surface area contributed by atoms with E-state index < -0.39 is 5.91 Å². The van der Waals surface area contributed by atoms with Crippen LogP contribution in [0.3, 0.4) is 0 Å². The minimum absolute atomic E-state index is 0.0940. The number of likely N-dealkylation sites (tertiary alicyclic amines) is 1. The quantitative estimate of drug-likeness (QED) is 0.925. The van der Waals surface area contributed by atoms with E-state index in [4.69, 9.17) is 15.2 Å². The average Bonchev–Trinajstić information content (AvgIpc) is 2.92. The van der Waals surface area contributed by atoms with Crippen LogP contribution in [0, 0.1) is 0 Å². The van der Waals surface area contributed by atoms with Gasteiger partial charge in [-0.05, 0) is 50.6 Å². The van der Waals surface area contributed by atoms with E-state index in [0.29, 0.717) is 23.1 Å². The molecule has 2 N–H and O–H groups in total. The van der Waals surface area contributed by atoms with Crippen molar-refractivity contribution in [3.8, 4) is 11.5 Å². The van der Waals surface area contributed by atoms with Crippen molar-refractivity contribution in [3.63, 3.8) is 0 Å². The minimum atomic E-state index is -0.475. The Morgan fingerprint density at radius 1 is 1.26 bits per heavy atom. The Morgan fingerprint density at radius 3 is 2.70 bits per heavy atom. The van der Waals surface area contributed by atoms with Gasteiger partial charge in [-0.25, -0.2) is 0 Å². The summed E-state index contributed by atoms with van der Waals surface area (Å²) in [6.45, 7) is 1.09. The monoisotopic (exact) mass is 318 g/mol. The number of benzene rings is 1. The summed E-state index contributed by atoms with van der Waals surface area (Å²) in [5.41, 5.74) is 7.26. The van der Waals surface area contributed by atoms with Gasteiger partial charge < -0.3 is 20.1 Å². The van der Waals surface area contributed by atoms with Crippen LogP contribution in [0.15, 0.2) is 12.1 Å². The second-order valence-corrected chi connectivity index (χ2v) is 6.77. The van der Waals surface area contributed by atoms with Gasteiger partial charge >= 0.3 is 0 Å². The summed E-state index contributed by atoms with van der Waals surface area (Å²) in [7, 11) is 5.34. The molecule has 1 aliphatic heterocycles. The van der Waals surface area contributed by atoms with Crippen molar-refractivity contribution < 1.29 is 14.3 Å². The van der Waals surface area contributed by atoms with Crippen LogP contribution in [-0.4, -0.2) is 44.7 Å². The maximum absolute atomic E-state index is 11.9. The summed E-state index contributed by atoms with van der Waals surface area (Å²) in [6.07, 6.45) is 5.96. The van der Waals surface area contributed by atoms with Gasteiger partial charge in [-0.15, -0.1) is 0 Å². The molecule has 1 heterocycles. The predicted molar refractivity (Wildman–Crippen MR) is 89.2 cm³/mol. The number of carbonyl (C=O) groups excluding carboxylic acids is 1. The summed E-state index contributed by atoms with van der Waals surface area (Å²) >= 11 is 0. The first-order chi connectivity index (χ1) is 11.0. The Balaban J connectivity index is 2.15. The van der Waals surface area contributed by atoms with Crippen LogP contribution < -0.4 is 15.2 Å². The molecular weight excluding hydrogens is 292 g/mol. The Labute approximate surface area is 137 Å². The van der Waals surface area contributed by atoms with Gasteiger partial charge in [-0.1, -0.05) is 12.8 Å². The van der Waals surface area contributed by atoms with Crippen LogP contribution in [-0.2, 0) is 5.41 Å². The molecule has 1 aliphatic carbocycles. The fraction of sp³-hybridized carbons (Fsp3) is 0.611. The number of carbonyl (C=O) groups is 1.